The summed E-state index contributed by atoms with van der Waals surface area (Å²) in [7, 11) is 0. The molecule has 1 unspecified atom stereocenters. The van der Waals surface area contributed by atoms with Gasteiger partial charge >= 0.3 is 17.6 Å². The highest BCUT2D eigenvalue weighted by molar-refractivity contribution is 5.92. The number of aromatic carboxylic acids is 1. The molecule has 1 heterocycles. The summed E-state index contributed by atoms with van der Waals surface area (Å²) in [5, 5.41) is 26.8. The van der Waals surface area contributed by atoms with Crippen LogP contribution in [-0.2, 0) is 4.79 Å². The van der Waals surface area contributed by atoms with Crippen molar-refractivity contribution in [2.24, 2.45) is 0 Å². The maximum atomic E-state index is 11.7. The standard InChI is InChI=1S/C11H10N2O6/c14-4-8(10(17)18)13-7-2-1-5(9(15)16)3-6(7)12-11(13)19/h1-3,8,14H,4H2,(H,12,19)(H,15,16)(H,17,18). The van der Waals surface area contributed by atoms with Crippen molar-refractivity contribution in [2.45, 2.75) is 6.04 Å². The number of benzene rings is 1. The first-order chi connectivity index (χ1) is 8.95. The second-order valence-electron chi connectivity index (χ2n) is 3.87. The van der Waals surface area contributed by atoms with Crippen LogP contribution in [0.3, 0.4) is 0 Å². The number of aromatic nitrogens is 2. The Balaban J connectivity index is 2.69. The van der Waals surface area contributed by atoms with Crippen molar-refractivity contribution in [1.82, 2.24) is 9.55 Å². The number of imidazole rings is 1. The number of aliphatic hydroxyl groups excluding tert-OH is 1. The number of fused-ring (bicyclic) bond motifs is 1. The van der Waals surface area contributed by atoms with Crippen molar-refractivity contribution in [3.05, 3.63) is 34.2 Å². The minimum atomic E-state index is -1.42. The van der Waals surface area contributed by atoms with Gasteiger partial charge < -0.3 is 20.3 Å². The molecule has 0 aliphatic carbocycles. The van der Waals surface area contributed by atoms with E-state index in [1.54, 1.807) is 0 Å². The van der Waals surface area contributed by atoms with Gasteiger partial charge in [0, 0.05) is 0 Å². The molecule has 0 spiro atoms. The Labute approximate surface area is 105 Å². The molecule has 4 N–H and O–H groups in total. The van der Waals surface area contributed by atoms with Gasteiger partial charge in [-0.05, 0) is 18.2 Å². The van der Waals surface area contributed by atoms with E-state index >= 15 is 0 Å². The molecule has 1 atom stereocenters. The van der Waals surface area contributed by atoms with Crippen LogP contribution in [0, 0.1) is 0 Å². The maximum absolute atomic E-state index is 11.7. The summed E-state index contributed by atoms with van der Waals surface area (Å²) in [6.07, 6.45) is 0. The number of nitrogens with zero attached hydrogens (tertiary/aromatic N) is 1. The number of carboxylic acid groups (broad SMARTS) is 2. The largest absolute Gasteiger partial charge is 0.480 e. The van der Waals surface area contributed by atoms with E-state index in [0.29, 0.717) is 0 Å². The zero-order chi connectivity index (χ0) is 14.2. The van der Waals surface area contributed by atoms with E-state index in [1.165, 1.54) is 18.2 Å². The van der Waals surface area contributed by atoms with E-state index in [4.69, 9.17) is 15.3 Å². The zero-order valence-electron chi connectivity index (χ0n) is 9.53. The second-order valence-corrected chi connectivity index (χ2v) is 3.87. The third kappa shape index (κ3) is 2.08. The van der Waals surface area contributed by atoms with E-state index < -0.39 is 30.3 Å². The van der Waals surface area contributed by atoms with Gasteiger partial charge in [0.25, 0.3) is 0 Å². The third-order valence-electron chi connectivity index (χ3n) is 2.73. The average Bonchev–Trinajstić information content (AvgIpc) is 2.66. The number of aliphatic hydroxyl groups is 1. The summed E-state index contributed by atoms with van der Waals surface area (Å²) < 4.78 is 0.878. The Hall–Kier alpha value is -2.61. The molecule has 0 saturated carbocycles. The molecule has 0 aliphatic heterocycles. The van der Waals surface area contributed by atoms with Gasteiger partial charge in [-0.1, -0.05) is 0 Å². The highest BCUT2D eigenvalue weighted by Gasteiger charge is 2.23. The predicted octanol–water partition coefficient (Wildman–Crippen LogP) is -0.354. The molecule has 2 aromatic rings. The predicted molar refractivity (Wildman–Crippen MR) is 63.3 cm³/mol. The first-order valence-electron chi connectivity index (χ1n) is 5.27. The smallest absolute Gasteiger partial charge is 0.335 e. The molecule has 0 saturated heterocycles. The first kappa shape index (κ1) is 12.8. The Morgan fingerprint density at radius 3 is 2.53 bits per heavy atom. The van der Waals surface area contributed by atoms with Crippen LogP contribution in [0.1, 0.15) is 16.4 Å². The summed E-state index contributed by atoms with van der Waals surface area (Å²) >= 11 is 0. The molecule has 19 heavy (non-hydrogen) atoms. The van der Waals surface area contributed by atoms with Gasteiger partial charge in [0.1, 0.15) is 0 Å². The summed E-state index contributed by atoms with van der Waals surface area (Å²) in [4.78, 5) is 35.8. The van der Waals surface area contributed by atoms with Crippen molar-refractivity contribution < 1.29 is 24.9 Å². The second kappa shape index (κ2) is 4.58. The van der Waals surface area contributed by atoms with Crippen LogP contribution in [0.4, 0.5) is 0 Å². The molecule has 0 bridgehead atoms. The van der Waals surface area contributed by atoms with Crippen molar-refractivity contribution in [2.75, 3.05) is 6.61 Å². The van der Waals surface area contributed by atoms with Crippen LogP contribution in [0.25, 0.3) is 11.0 Å². The van der Waals surface area contributed by atoms with Crippen molar-refractivity contribution in [3.63, 3.8) is 0 Å². The van der Waals surface area contributed by atoms with E-state index in [-0.39, 0.29) is 16.6 Å². The van der Waals surface area contributed by atoms with Crippen molar-refractivity contribution >= 4 is 23.0 Å². The van der Waals surface area contributed by atoms with Gasteiger partial charge in [0.15, 0.2) is 6.04 Å². The van der Waals surface area contributed by atoms with Gasteiger partial charge in [0.05, 0.1) is 23.2 Å². The first-order valence-corrected chi connectivity index (χ1v) is 5.27. The number of carboxylic acids is 2. The fourth-order valence-electron chi connectivity index (χ4n) is 1.84. The van der Waals surface area contributed by atoms with Gasteiger partial charge in [-0.2, -0.15) is 0 Å². The zero-order valence-corrected chi connectivity index (χ0v) is 9.53. The summed E-state index contributed by atoms with van der Waals surface area (Å²) in [6, 6.07) is 2.38. The number of rotatable bonds is 4. The lowest BCUT2D eigenvalue weighted by Gasteiger charge is -2.10. The maximum Gasteiger partial charge on any atom is 0.335 e. The molecule has 100 valence electrons. The quantitative estimate of drug-likeness (QED) is 0.597. The lowest BCUT2D eigenvalue weighted by Crippen LogP contribution is -2.30. The van der Waals surface area contributed by atoms with Crippen molar-refractivity contribution in [3.8, 4) is 0 Å². The van der Waals surface area contributed by atoms with Crippen LogP contribution >= 0.6 is 0 Å². The van der Waals surface area contributed by atoms with E-state index in [0.717, 1.165) is 4.57 Å². The molecule has 2 rings (SSSR count). The summed E-state index contributed by atoms with van der Waals surface area (Å²) in [5.74, 6) is -2.51. The summed E-state index contributed by atoms with van der Waals surface area (Å²) in [6.45, 7) is -0.747. The Morgan fingerprint density at radius 2 is 2.00 bits per heavy atom. The monoisotopic (exact) mass is 266 g/mol. The normalized spacial score (nSPS) is 12.5. The number of aromatic amines is 1. The lowest BCUT2D eigenvalue weighted by atomic mass is 10.2. The fourth-order valence-corrected chi connectivity index (χ4v) is 1.84. The molecule has 1 aromatic heterocycles. The summed E-state index contributed by atoms with van der Waals surface area (Å²) in [5.41, 5.74) is -0.336. The number of hydrogen-bond acceptors (Lipinski definition) is 4. The molecule has 1 aromatic carbocycles. The minimum Gasteiger partial charge on any atom is -0.480 e. The molecule has 8 nitrogen and oxygen atoms in total. The van der Waals surface area contributed by atoms with Gasteiger partial charge in [-0.25, -0.2) is 14.4 Å². The van der Waals surface area contributed by atoms with Gasteiger partial charge in [-0.3, -0.25) is 4.57 Å². The van der Waals surface area contributed by atoms with Crippen molar-refractivity contribution in [1.29, 1.82) is 0 Å². The third-order valence-corrected chi connectivity index (χ3v) is 2.73. The Bertz CT molecular complexity index is 714. The minimum absolute atomic E-state index is 0.0308. The number of carbonyl (C=O) groups is 2. The highest BCUT2D eigenvalue weighted by Crippen LogP contribution is 2.17. The average molecular weight is 266 g/mol. The molecule has 8 heteroatoms. The van der Waals surface area contributed by atoms with Crippen LogP contribution < -0.4 is 5.69 Å². The highest BCUT2D eigenvalue weighted by atomic mass is 16.4. The molecule has 0 amide bonds. The number of H-pyrrole nitrogens is 1. The number of hydrogen-bond donors (Lipinski definition) is 4. The van der Waals surface area contributed by atoms with Gasteiger partial charge in [-0.15, -0.1) is 0 Å². The van der Waals surface area contributed by atoms with E-state index in [2.05, 4.69) is 4.98 Å². The lowest BCUT2D eigenvalue weighted by molar-refractivity contribution is -0.142. The van der Waals surface area contributed by atoms with E-state index in [1.807, 2.05) is 0 Å². The van der Waals surface area contributed by atoms with Crippen LogP contribution in [-0.4, -0.2) is 43.4 Å². The van der Waals surface area contributed by atoms with Crippen LogP contribution in [0.15, 0.2) is 23.0 Å². The molecule has 0 fully saturated rings. The van der Waals surface area contributed by atoms with Crippen LogP contribution in [0.5, 0.6) is 0 Å². The number of nitrogens with one attached hydrogen (secondary N) is 1. The molecular formula is C11H10N2O6. The molecule has 0 aliphatic rings. The molecular weight excluding hydrogens is 256 g/mol. The topological polar surface area (TPSA) is 133 Å². The van der Waals surface area contributed by atoms with Crippen LogP contribution in [0.2, 0.25) is 0 Å². The SMILES string of the molecule is O=C(O)c1ccc2c(c1)[nH]c(=O)n2C(CO)C(=O)O. The molecule has 0 radical (unpaired) electrons. The fraction of sp³-hybridized carbons (Fsp3) is 0.182. The Morgan fingerprint density at radius 1 is 1.32 bits per heavy atom. The van der Waals surface area contributed by atoms with E-state index in [9.17, 15) is 14.4 Å². The Kier molecular flexibility index (Phi) is 3.09. The number of aliphatic carboxylic acids is 1. The van der Waals surface area contributed by atoms with Gasteiger partial charge in [0.2, 0.25) is 0 Å².